The number of thiol groups is 1. The molecule has 276 valence electrons. The number of amides is 2. The van der Waals surface area contributed by atoms with Crippen molar-refractivity contribution in [2.45, 2.75) is 32.6 Å². The monoisotopic (exact) mass is 736 g/mol. The molecule has 0 saturated heterocycles. The average molecular weight is 737 g/mol. The largest absolute Gasteiger partial charge is 0.494 e. The first-order chi connectivity index (χ1) is 24.2. The summed E-state index contributed by atoms with van der Waals surface area (Å²) in [5.74, 6) is -5.95. The standard InChI is InChI=1S/C29H36N8O13S/c38-24(36(16-26(40)41)17-27(42)43)14-34-9-6-30-22(34)12-33(8-1-11-50-21-4-2-20(3-5-21)32-51(48)49)13-23-31-7-10-35(23)15-25(39)37(18-28(44)45)19-29(46)47/h2-7,9-10,51H,1,8,11-19H2,(H,40,41)(H,42,43)(H,44,45)(H,46,47)(H,32,48,49). The molecule has 0 aliphatic heterocycles. The van der Waals surface area contributed by atoms with E-state index in [4.69, 9.17) is 25.2 Å². The molecule has 21 nitrogen and oxygen atoms in total. The number of hydrogen-bond donors (Lipinski definition) is 6. The number of carboxylic acids is 4. The molecular weight excluding hydrogens is 700 g/mol. The van der Waals surface area contributed by atoms with E-state index in [0.717, 1.165) is 0 Å². The molecule has 0 aliphatic rings. The predicted octanol–water partition coefficient (Wildman–Crippen LogP) is -1.52. The van der Waals surface area contributed by atoms with Gasteiger partial charge < -0.3 is 44.1 Å². The number of carbonyl (C=O) groups is 6. The SMILES string of the molecule is O=C(O)CN(CC(=O)O)C(=O)Cn1ccnc1CN(CCCOc1ccc(N[SH](=O)=O)cc1)Cc1nccn1CC(=O)N(CC(=O)O)CC(=O)O. The number of nitrogens with zero attached hydrogens (tertiary/aromatic N) is 7. The third-order valence-electron chi connectivity index (χ3n) is 6.92. The van der Waals surface area contributed by atoms with Crippen LogP contribution in [-0.2, 0) is 65.8 Å². The quantitative estimate of drug-likeness (QED) is 0.0476. The summed E-state index contributed by atoms with van der Waals surface area (Å²) in [4.78, 5) is 82.5. The van der Waals surface area contributed by atoms with E-state index in [2.05, 4.69) is 14.7 Å². The molecule has 2 heterocycles. The van der Waals surface area contributed by atoms with E-state index in [1.807, 2.05) is 4.90 Å². The summed E-state index contributed by atoms with van der Waals surface area (Å²) in [5.41, 5.74) is 0.357. The predicted molar refractivity (Wildman–Crippen MR) is 173 cm³/mol. The van der Waals surface area contributed by atoms with E-state index in [-0.39, 0.29) is 19.7 Å². The number of nitrogens with one attached hydrogen (secondary N) is 1. The Morgan fingerprint density at radius 1 is 0.706 bits per heavy atom. The topological polar surface area (TPSA) is 284 Å². The van der Waals surface area contributed by atoms with Crippen molar-refractivity contribution in [3.05, 3.63) is 60.7 Å². The van der Waals surface area contributed by atoms with Crippen LogP contribution in [0.3, 0.4) is 0 Å². The molecule has 51 heavy (non-hydrogen) atoms. The fourth-order valence-electron chi connectivity index (χ4n) is 4.70. The first-order valence-corrected chi connectivity index (χ1v) is 16.2. The van der Waals surface area contributed by atoms with Gasteiger partial charge in [0.25, 0.3) is 0 Å². The van der Waals surface area contributed by atoms with Crippen LogP contribution in [0.25, 0.3) is 0 Å². The first-order valence-electron chi connectivity index (χ1n) is 15.0. The molecule has 0 radical (unpaired) electrons. The van der Waals surface area contributed by atoms with Crippen LogP contribution in [0.5, 0.6) is 5.75 Å². The third-order valence-corrected chi connectivity index (χ3v) is 7.36. The van der Waals surface area contributed by atoms with Gasteiger partial charge >= 0.3 is 23.9 Å². The minimum Gasteiger partial charge on any atom is -0.494 e. The van der Waals surface area contributed by atoms with Crippen molar-refractivity contribution in [2.24, 2.45) is 0 Å². The summed E-state index contributed by atoms with van der Waals surface area (Å²) in [6.45, 7) is -3.42. The number of imidazole rings is 2. The fourth-order valence-corrected chi connectivity index (χ4v) is 5.06. The van der Waals surface area contributed by atoms with Crippen molar-refractivity contribution >= 4 is 52.3 Å². The Morgan fingerprint density at radius 2 is 1.14 bits per heavy atom. The summed E-state index contributed by atoms with van der Waals surface area (Å²) in [6, 6.07) is 6.21. The number of anilines is 1. The van der Waals surface area contributed by atoms with Gasteiger partial charge in [0.15, 0.2) is 0 Å². The molecule has 1 aromatic carbocycles. The molecule has 0 atom stereocenters. The van der Waals surface area contributed by atoms with E-state index in [0.29, 0.717) is 45.9 Å². The molecule has 0 unspecified atom stereocenters. The van der Waals surface area contributed by atoms with E-state index < -0.39 is 85.9 Å². The number of aromatic nitrogens is 4. The minimum absolute atomic E-state index is 0.0802. The van der Waals surface area contributed by atoms with Gasteiger partial charge in [-0.25, -0.2) is 18.4 Å². The Kier molecular flexibility index (Phi) is 14.9. The maximum atomic E-state index is 12.9. The van der Waals surface area contributed by atoms with E-state index in [9.17, 15) is 37.2 Å². The highest BCUT2D eigenvalue weighted by molar-refractivity contribution is 7.73. The number of aliphatic carboxylic acids is 4. The van der Waals surface area contributed by atoms with Gasteiger partial charge in [-0.1, -0.05) is 0 Å². The summed E-state index contributed by atoms with van der Waals surface area (Å²) in [6.07, 6.45) is 6.16. The molecule has 3 rings (SSSR count). The van der Waals surface area contributed by atoms with Crippen LogP contribution >= 0.6 is 0 Å². The van der Waals surface area contributed by atoms with Crippen LogP contribution in [0.2, 0.25) is 0 Å². The van der Waals surface area contributed by atoms with E-state index in [1.165, 1.54) is 46.1 Å². The molecule has 2 amide bonds. The zero-order chi connectivity index (χ0) is 37.5. The van der Waals surface area contributed by atoms with Gasteiger partial charge in [-0.3, -0.25) is 38.4 Å². The van der Waals surface area contributed by atoms with Crippen molar-refractivity contribution in [1.82, 2.24) is 33.8 Å². The normalized spacial score (nSPS) is 10.9. The van der Waals surface area contributed by atoms with Crippen LogP contribution < -0.4 is 9.46 Å². The van der Waals surface area contributed by atoms with Crippen molar-refractivity contribution in [1.29, 1.82) is 0 Å². The van der Waals surface area contributed by atoms with E-state index in [1.54, 1.807) is 12.1 Å². The van der Waals surface area contributed by atoms with Gasteiger partial charge in [0, 0.05) is 37.0 Å². The van der Waals surface area contributed by atoms with E-state index >= 15 is 0 Å². The van der Waals surface area contributed by atoms with Gasteiger partial charge in [0.2, 0.25) is 22.7 Å². The summed E-state index contributed by atoms with van der Waals surface area (Å²) < 4.78 is 32.6. The van der Waals surface area contributed by atoms with Gasteiger partial charge in [0.05, 0.1) is 19.7 Å². The van der Waals surface area contributed by atoms with Crippen LogP contribution in [0.4, 0.5) is 5.69 Å². The molecule has 0 aliphatic carbocycles. The van der Waals surface area contributed by atoms with Crippen molar-refractivity contribution in [2.75, 3.05) is 44.1 Å². The zero-order valence-corrected chi connectivity index (χ0v) is 27.8. The second-order valence-corrected chi connectivity index (χ2v) is 11.6. The highest BCUT2D eigenvalue weighted by Gasteiger charge is 2.23. The molecule has 2 aromatic heterocycles. The Hall–Kier alpha value is -6.03. The Bertz CT molecular complexity index is 1640. The van der Waals surface area contributed by atoms with Gasteiger partial charge in [-0.2, -0.15) is 0 Å². The Morgan fingerprint density at radius 3 is 1.53 bits per heavy atom. The number of carbonyl (C=O) groups excluding carboxylic acids is 2. The Balaban J connectivity index is 1.78. The maximum absolute atomic E-state index is 12.9. The van der Waals surface area contributed by atoms with Gasteiger partial charge in [-0.15, -0.1) is 0 Å². The molecule has 0 spiro atoms. The van der Waals surface area contributed by atoms with Crippen molar-refractivity contribution in [3.8, 4) is 5.75 Å². The summed E-state index contributed by atoms with van der Waals surface area (Å²) in [5, 5.41) is 36.6. The first kappa shape index (κ1) is 39.4. The fraction of sp³-hybridized carbons (Fsp3) is 0.379. The number of hydrogen-bond acceptors (Lipinski definition) is 12. The lowest BCUT2D eigenvalue weighted by molar-refractivity contribution is -0.150. The molecule has 5 N–H and O–H groups in total. The molecule has 0 bridgehead atoms. The molecular formula is C29H36N8O13S. The smallest absolute Gasteiger partial charge is 0.323 e. The van der Waals surface area contributed by atoms with Gasteiger partial charge in [-0.05, 0) is 30.7 Å². The van der Waals surface area contributed by atoms with Crippen LogP contribution in [-0.4, -0.2) is 138 Å². The van der Waals surface area contributed by atoms with Crippen LogP contribution in [0.1, 0.15) is 18.1 Å². The highest BCUT2D eigenvalue weighted by Crippen LogP contribution is 2.16. The summed E-state index contributed by atoms with van der Waals surface area (Å²) >= 11 is 0. The van der Waals surface area contributed by atoms with Crippen LogP contribution in [0.15, 0.2) is 49.1 Å². The maximum Gasteiger partial charge on any atom is 0.323 e. The second kappa shape index (κ2) is 19.2. The van der Waals surface area contributed by atoms with Gasteiger partial charge in [0.1, 0.15) is 56.7 Å². The number of carboxylic acid groups (broad SMARTS) is 4. The molecule has 3 aromatic rings. The van der Waals surface area contributed by atoms with Crippen molar-refractivity contribution < 1.29 is 62.3 Å². The highest BCUT2D eigenvalue weighted by atomic mass is 32.2. The lowest BCUT2D eigenvalue weighted by atomic mass is 10.3. The lowest BCUT2D eigenvalue weighted by Gasteiger charge is -2.24. The number of benzene rings is 1. The van der Waals surface area contributed by atoms with Crippen LogP contribution in [0, 0.1) is 0 Å². The lowest BCUT2D eigenvalue weighted by Crippen LogP contribution is -2.41. The third kappa shape index (κ3) is 13.8. The Labute approximate surface area is 291 Å². The molecule has 0 saturated carbocycles. The minimum atomic E-state index is -2.83. The summed E-state index contributed by atoms with van der Waals surface area (Å²) in [7, 11) is -2.83. The zero-order valence-electron chi connectivity index (χ0n) is 26.9. The molecule has 22 heteroatoms. The molecule has 0 fully saturated rings. The number of ether oxygens (including phenoxy) is 1. The number of rotatable bonds is 23. The average Bonchev–Trinajstić information content (AvgIpc) is 3.66. The van der Waals surface area contributed by atoms with Crippen molar-refractivity contribution in [3.63, 3.8) is 0 Å². The second-order valence-electron chi connectivity index (χ2n) is 10.8.